The quantitative estimate of drug-likeness (QED) is 0.366. The molecular formula is C7H9NO2. The van der Waals surface area contributed by atoms with E-state index in [0.717, 1.165) is 11.3 Å². The van der Waals surface area contributed by atoms with Crippen molar-refractivity contribution in [1.82, 2.24) is 0 Å². The van der Waals surface area contributed by atoms with E-state index in [0.29, 0.717) is 5.71 Å². The van der Waals surface area contributed by atoms with Gasteiger partial charge >= 0.3 is 0 Å². The van der Waals surface area contributed by atoms with Gasteiger partial charge < -0.3 is 9.62 Å². The molecule has 0 bridgehead atoms. The number of rotatable bonds is 1. The van der Waals surface area contributed by atoms with Crippen LogP contribution in [-0.4, -0.2) is 10.9 Å². The molecule has 0 radical (unpaired) electrons. The van der Waals surface area contributed by atoms with E-state index in [1.807, 2.05) is 13.0 Å². The highest BCUT2D eigenvalue weighted by molar-refractivity contribution is 5.97. The molecule has 0 aliphatic heterocycles. The van der Waals surface area contributed by atoms with Gasteiger partial charge in [0.2, 0.25) is 0 Å². The molecule has 54 valence electrons. The highest BCUT2D eigenvalue weighted by Gasteiger charge is 1.99. The molecule has 3 heteroatoms. The summed E-state index contributed by atoms with van der Waals surface area (Å²) in [5.41, 5.74) is 1.39. The first-order valence-electron chi connectivity index (χ1n) is 2.98. The van der Waals surface area contributed by atoms with Crippen LogP contribution in [0.15, 0.2) is 21.9 Å². The van der Waals surface area contributed by atoms with Gasteiger partial charge in [-0.15, -0.1) is 0 Å². The highest BCUT2D eigenvalue weighted by atomic mass is 16.4. The topological polar surface area (TPSA) is 45.7 Å². The van der Waals surface area contributed by atoms with Gasteiger partial charge in [0.1, 0.15) is 5.76 Å². The molecule has 0 saturated carbocycles. The summed E-state index contributed by atoms with van der Waals surface area (Å²) >= 11 is 0. The molecule has 0 amide bonds. The van der Waals surface area contributed by atoms with Crippen LogP contribution >= 0.6 is 0 Å². The van der Waals surface area contributed by atoms with Gasteiger partial charge in [0.15, 0.2) is 0 Å². The fourth-order valence-electron chi connectivity index (χ4n) is 0.691. The second kappa shape index (κ2) is 2.56. The van der Waals surface area contributed by atoms with Crippen molar-refractivity contribution in [3.63, 3.8) is 0 Å². The maximum atomic E-state index is 8.34. The predicted molar refractivity (Wildman–Crippen MR) is 37.4 cm³/mol. The zero-order valence-corrected chi connectivity index (χ0v) is 5.96. The first kappa shape index (κ1) is 6.86. The molecule has 0 aliphatic carbocycles. The normalized spacial score (nSPS) is 12.0. The maximum Gasteiger partial charge on any atom is 0.101 e. The third kappa shape index (κ3) is 1.18. The van der Waals surface area contributed by atoms with E-state index in [2.05, 4.69) is 5.16 Å². The van der Waals surface area contributed by atoms with Crippen molar-refractivity contribution in [3.8, 4) is 0 Å². The number of hydrogen-bond donors (Lipinski definition) is 1. The first-order valence-corrected chi connectivity index (χ1v) is 2.98. The minimum Gasteiger partial charge on any atom is -0.469 e. The predicted octanol–water partition coefficient (Wildman–Crippen LogP) is 1.79. The number of aryl methyl sites for hydroxylation is 1. The summed E-state index contributed by atoms with van der Waals surface area (Å²) in [5.74, 6) is 0.818. The molecule has 1 rings (SSSR count). The lowest BCUT2D eigenvalue weighted by molar-refractivity contribution is 0.319. The summed E-state index contributed by atoms with van der Waals surface area (Å²) < 4.78 is 5.00. The molecule has 1 aromatic heterocycles. The van der Waals surface area contributed by atoms with Crippen LogP contribution in [0, 0.1) is 6.92 Å². The Bertz CT molecular complexity index is 250. The highest BCUT2D eigenvalue weighted by Crippen LogP contribution is 2.06. The van der Waals surface area contributed by atoms with Crippen LogP contribution in [0.25, 0.3) is 0 Å². The summed E-state index contributed by atoms with van der Waals surface area (Å²) in [6.45, 7) is 3.55. The first-order chi connectivity index (χ1) is 4.74. The van der Waals surface area contributed by atoms with Gasteiger partial charge in [-0.25, -0.2) is 0 Å². The Labute approximate surface area is 59.0 Å². The van der Waals surface area contributed by atoms with Crippen LogP contribution in [0.1, 0.15) is 18.2 Å². The average molecular weight is 139 g/mol. The Morgan fingerprint density at radius 1 is 1.70 bits per heavy atom. The zero-order chi connectivity index (χ0) is 7.56. The van der Waals surface area contributed by atoms with Crippen LogP contribution in [0.5, 0.6) is 0 Å². The van der Waals surface area contributed by atoms with Gasteiger partial charge in [0, 0.05) is 5.56 Å². The summed E-state index contributed by atoms with van der Waals surface area (Å²) in [4.78, 5) is 0. The van der Waals surface area contributed by atoms with Gasteiger partial charge in [-0.3, -0.25) is 0 Å². The van der Waals surface area contributed by atoms with E-state index in [4.69, 9.17) is 9.62 Å². The fourth-order valence-corrected chi connectivity index (χ4v) is 0.691. The SMILES string of the molecule is C/C(=N\O)c1coc(C)c1. The van der Waals surface area contributed by atoms with Crippen LogP contribution in [-0.2, 0) is 0 Å². The van der Waals surface area contributed by atoms with E-state index < -0.39 is 0 Å². The van der Waals surface area contributed by atoms with Crippen molar-refractivity contribution in [2.45, 2.75) is 13.8 Å². The molecule has 1 aromatic rings. The number of furan rings is 1. The number of oxime groups is 1. The fraction of sp³-hybridized carbons (Fsp3) is 0.286. The minimum atomic E-state index is 0.567. The molecule has 0 aromatic carbocycles. The summed E-state index contributed by atoms with van der Waals surface area (Å²) in [6.07, 6.45) is 1.56. The molecule has 1 heterocycles. The molecule has 0 fully saturated rings. The van der Waals surface area contributed by atoms with E-state index >= 15 is 0 Å². The van der Waals surface area contributed by atoms with E-state index in [1.54, 1.807) is 13.2 Å². The third-order valence-corrected chi connectivity index (χ3v) is 1.30. The molecule has 0 unspecified atom stereocenters. The molecule has 1 N–H and O–H groups in total. The van der Waals surface area contributed by atoms with Crippen molar-refractivity contribution in [3.05, 3.63) is 23.7 Å². The third-order valence-electron chi connectivity index (χ3n) is 1.30. The average Bonchev–Trinajstić information content (AvgIpc) is 2.34. The van der Waals surface area contributed by atoms with Crippen molar-refractivity contribution in [2.24, 2.45) is 5.16 Å². The van der Waals surface area contributed by atoms with Gasteiger partial charge in [-0.2, -0.15) is 0 Å². The Balaban J connectivity index is 2.95. The Morgan fingerprint density at radius 3 is 2.80 bits per heavy atom. The number of hydrogen-bond acceptors (Lipinski definition) is 3. The summed E-state index contributed by atoms with van der Waals surface area (Å²) in [5, 5.41) is 11.4. The van der Waals surface area contributed by atoms with Gasteiger partial charge in [0.05, 0.1) is 12.0 Å². The summed E-state index contributed by atoms with van der Waals surface area (Å²) in [7, 11) is 0. The van der Waals surface area contributed by atoms with Gasteiger partial charge in [-0.05, 0) is 19.9 Å². The van der Waals surface area contributed by atoms with Crippen molar-refractivity contribution in [1.29, 1.82) is 0 Å². The van der Waals surface area contributed by atoms with Crippen molar-refractivity contribution in [2.75, 3.05) is 0 Å². The molecular weight excluding hydrogens is 130 g/mol. The molecule has 0 atom stereocenters. The summed E-state index contributed by atoms with van der Waals surface area (Å²) in [6, 6.07) is 1.81. The largest absolute Gasteiger partial charge is 0.469 e. The minimum absolute atomic E-state index is 0.567. The van der Waals surface area contributed by atoms with Gasteiger partial charge in [0.25, 0.3) is 0 Å². The lowest BCUT2D eigenvalue weighted by Gasteiger charge is -1.86. The molecule has 3 nitrogen and oxygen atoms in total. The van der Waals surface area contributed by atoms with Gasteiger partial charge in [-0.1, -0.05) is 5.16 Å². The Kier molecular flexibility index (Phi) is 1.76. The van der Waals surface area contributed by atoms with Crippen LogP contribution in [0.3, 0.4) is 0 Å². The van der Waals surface area contributed by atoms with E-state index in [1.165, 1.54) is 0 Å². The molecule has 0 spiro atoms. The maximum absolute atomic E-state index is 8.34. The van der Waals surface area contributed by atoms with Crippen LogP contribution < -0.4 is 0 Å². The number of nitrogens with zero attached hydrogens (tertiary/aromatic N) is 1. The zero-order valence-electron chi connectivity index (χ0n) is 5.96. The van der Waals surface area contributed by atoms with E-state index in [9.17, 15) is 0 Å². The monoisotopic (exact) mass is 139 g/mol. The standard InChI is InChI=1S/C7H9NO2/c1-5-3-7(4-10-5)6(2)8-9/h3-4,9H,1-2H3/b8-6+. The lowest BCUT2D eigenvalue weighted by Crippen LogP contribution is -1.89. The Hall–Kier alpha value is -1.25. The second-order valence-corrected chi connectivity index (χ2v) is 2.13. The van der Waals surface area contributed by atoms with E-state index in [-0.39, 0.29) is 0 Å². The van der Waals surface area contributed by atoms with Crippen LogP contribution in [0.4, 0.5) is 0 Å². The smallest absolute Gasteiger partial charge is 0.101 e. The van der Waals surface area contributed by atoms with Crippen molar-refractivity contribution >= 4 is 5.71 Å². The van der Waals surface area contributed by atoms with Crippen molar-refractivity contribution < 1.29 is 9.62 Å². The van der Waals surface area contributed by atoms with Crippen LogP contribution in [0.2, 0.25) is 0 Å². The second-order valence-electron chi connectivity index (χ2n) is 2.13. The Morgan fingerprint density at radius 2 is 2.40 bits per heavy atom. The lowest BCUT2D eigenvalue weighted by atomic mass is 10.2. The molecule has 0 aliphatic rings. The molecule has 0 saturated heterocycles. The molecule has 10 heavy (non-hydrogen) atoms.